The smallest absolute Gasteiger partial charge is 0.239 e. The van der Waals surface area contributed by atoms with Gasteiger partial charge in [0, 0.05) is 32.2 Å². The molecule has 0 spiro atoms. The Bertz CT molecular complexity index is 335. The monoisotopic (exact) mass is 385 g/mol. The maximum atomic E-state index is 12.3. The molecule has 0 aliphatic carbocycles. The number of amides is 1. The Morgan fingerprint density at radius 3 is 2.38 bits per heavy atom. The van der Waals surface area contributed by atoms with Crippen LogP contribution in [-0.2, 0) is 14.3 Å². The molecule has 0 aromatic carbocycles. The Hall–Kier alpha value is -0.110. The third kappa shape index (κ3) is 7.02. The Labute approximate surface area is 158 Å². The van der Waals surface area contributed by atoms with Crippen molar-refractivity contribution in [2.75, 3.05) is 52.6 Å². The van der Waals surface area contributed by atoms with E-state index < -0.39 is 0 Å². The quantitative estimate of drug-likeness (QED) is 0.686. The van der Waals surface area contributed by atoms with E-state index in [9.17, 15) is 4.79 Å². The highest BCUT2D eigenvalue weighted by molar-refractivity contribution is 5.85. The summed E-state index contributed by atoms with van der Waals surface area (Å²) in [6.07, 6.45) is 2.28. The standard InChI is InChI=1S/C16H31N3O3.2ClH/c1-3-13(4-2)15(19-6-9-21-10-7-19)11-18-16(20)14-12-22-8-5-17-14;;/h13-15,17H,3-12H2,1-2H3,(H,18,20);2*1H. The van der Waals surface area contributed by atoms with E-state index in [0.29, 0.717) is 31.7 Å². The van der Waals surface area contributed by atoms with Gasteiger partial charge < -0.3 is 20.1 Å². The van der Waals surface area contributed by atoms with Crippen LogP contribution in [0.2, 0.25) is 0 Å². The fraction of sp³-hybridized carbons (Fsp3) is 0.938. The summed E-state index contributed by atoms with van der Waals surface area (Å²) in [5.41, 5.74) is 0. The average Bonchev–Trinajstić information content (AvgIpc) is 2.60. The van der Waals surface area contributed by atoms with Gasteiger partial charge in [-0.2, -0.15) is 0 Å². The van der Waals surface area contributed by atoms with Gasteiger partial charge in [-0.3, -0.25) is 9.69 Å². The van der Waals surface area contributed by atoms with Crippen molar-refractivity contribution in [2.24, 2.45) is 5.92 Å². The van der Waals surface area contributed by atoms with Crippen molar-refractivity contribution < 1.29 is 14.3 Å². The molecule has 0 bridgehead atoms. The third-order valence-electron chi connectivity index (χ3n) is 4.83. The molecule has 2 heterocycles. The molecule has 2 unspecified atom stereocenters. The lowest BCUT2D eigenvalue weighted by Gasteiger charge is -2.39. The van der Waals surface area contributed by atoms with Gasteiger partial charge in [0.05, 0.1) is 26.4 Å². The zero-order valence-corrected chi connectivity index (χ0v) is 16.4. The van der Waals surface area contributed by atoms with Gasteiger partial charge in [0.15, 0.2) is 0 Å². The van der Waals surface area contributed by atoms with E-state index in [1.807, 2.05) is 0 Å². The highest BCUT2D eigenvalue weighted by Crippen LogP contribution is 2.19. The number of nitrogens with one attached hydrogen (secondary N) is 2. The summed E-state index contributed by atoms with van der Waals surface area (Å²) in [5.74, 6) is 0.665. The van der Waals surface area contributed by atoms with E-state index in [4.69, 9.17) is 9.47 Å². The number of halogens is 2. The van der Waals surface area contributed by atoms with Crippen molar-refractivity contribution in [2.45, 2.75) is 38.8 Å². The van der Waals surface area contributed by atoms with Crippen molar-refractivity contribution in [3.8, 4) is 0 Å². The average molecular weight is 386 g/mol. The van der Waals surface area contributed by atoms with Crippen molar-refractivity contribution in [1.29, 1.82) is 0 Å². The molecule has 0 aromatic heterocycles. The first kappa shape index (κ1) is 23.9. The molecule has 2 aliphatic rings. The molecular formula is C16H33Cl2N3O3. The Morgan fingerprint density at radius 1 is 1.17 bits per heavy atom. The molecule has 2 fully saturated rings. The number of hydrogen-bond donors (Lipinski definition) is 2. The molecule has 0 aromatic rings. The fourth-order valence-corrected chi connectivity index (χ4v) is 3.40. The molecule has 2 atom stereocenters. The largest absolute Gasteiger partial charge is 0.379 e. The van der Waals surface area contributed by atoms with Crippen LogP contribution in [0.3, 0.4) is 0 Å². The highest BCUT2D eigenvalue weighted by Gasteiger charge is 2.28. The second-order valence-electron chi connectivity index (χ2n) is 6.12. The lowest BCUT2D eigenvalue weighted by molar-refractivity contribution is -0.126. The molecule has 8 heteroatoms. The summed E-state index contributed by atoms with van der Waals surface area (Å²) in [5, 5.41) is 6.34. The Balaban J connectivity index is 0.00000264. The number of rotatable bonds is 7. The van der Waals surface area contributed by atoms with Crippen LogP contribution in [0.15, 0.2) is 0 Å². The van der Waals surface area contributed by atoms with Crippen LogP contribution in [0.5, 0.6) is 0 Å². The minimum Gasteiger partial charge on any atom is -0.379 e. The van der Waals surface area contributed by atoms with E-state index in [0.717, 1.165) is 45.7 Å². The van der Waals surface area contributed by atoms with Crippen LogP contribution >= 0.6 is 24.8 Å². The minimum atomic E-state index is -0.208. The summed E-state index contributed by atoms with van der Waals surface area (Å²) in [7, 11) is 0. The molecule has 0 saturated carbocycles. The Morgan fingerprint density at radius 2 is 1.83 bits per heavy atom. The highest BCUT2D eigenvalue weighted by atomic mass is 35.5. The molecule has 1 amide bonds. The normalized spacial score (nSPS) is 23.0. The molecule has 6 nitrogen and oxygen atoms in total. The lowest BCUT2D eigenvalue weighted by Crippen LogP contribution is -2.56. The summed E-state index contributed by atoms with van der Waals surface area (Å²) < 4.78 is 10.8. The SMILES string of the molecule is CCC(CC)C(CNC(=O)C1COCCN1)N1CCOCC1.Cl.Cl. The zero-order chi connectivity index (χ0) is 15.8. The van der Waals surface area contributed by atoms with Gasteiger partial charge in [0.1, 0.15) is 6.04 Å². The summed E-state index contributed by atoms with van der Waals surface area (Å²) in [6, 6.07) is 0.188. The molecule has 144 valence electrons. The van der Waals surface area contributed by atoms with E-state index in [2.05, 4.69) is 29.4 Å². The number of carbonyl (C=O) groups is 1. The second kappa shape index (κ2) is 13.1. The van der Waals surface area contributed by atoms with Crippen LogP contribution in [0.1, 0.15) is 26.7 Å². The van der Waals surface area contributed by atoms with Crippen LogP contribution < -0.4 is 10.6 Å². The van der Waals surface area contributed by atoms with Crippen LogP contribution in [0.4, 0.5) is 0 Å². The van der Waals surface area contributed by atoms with E-state index in [1.165, 1.54) is 0 Å². The van der Waals surface area contributed by atoms with E-state index in [-0.39, 0.29) is 36.8 Å². The van der Waals surface area contributed by atoms with Gasteiger partial charge >= 0.3 is 0 Å². The summed E-state index contributed by atoms with van der Waals surface area (Å²) in [4.78, 5) is 14.8. The van der Waals surface area contributed by atoms with E-state index in [1.54, 1.807) is 0 Å². The minimum absolute atomic E-state index is 0. The van der Waals surface area contributed by atoms with Gasteiger partial charge in [0.2, 0.25) is 5.91 Å². The predicted molar refractivity (Wildman–Crippen MR) is 100 cm³/mol. The zero-order valence-electron chi connectivity index (χ0n) is 14.8. The van der Waals surface area contributed by atoms with Gasteiger partial charge in [-0.1, -0.05) is 26.7 Å². The van der Waals surface area contributed by atoms with Gasteiger partial charge in [-0.05, 0) is 5.92 Å². The number of morpholine rings is 2. The number of nitrogens with zero attached hydrogens (tertiary/aromatic N) is 1. The fourth-order valence-electron chi connectivity index (χ4n) is 3.40. The number of carbonyl (C=O) groups excluding carboxylic acids is 1. The first-order chi connectivity index (χ1) is 10.8. The van der Waals surface area contributed by atoms with Crippen LogP contribution in [0, 0.1) is 5.92 Å². The van der Waals surface area contributed by atoms with Crippen molar-refractivity contribution >= 4 is 30.7 Å². The van der Waals surface area contributed by atoms with Crippen molar-refractivity contribution in [3.63, 3.8) is 0 Å². The summed E-state index contributed by atoms with van der Waals surface area (Å²) >= 11 is 0. The van der Waals surface area contributed by atoms with Gasteiger partial charge in [0.25, 0.3) is 0 Å². The third-order valence-corrected chi connectivity index (χ3v) is 4.83. The Kier molecular flexibility index (Phi) is 13.1. The van der Waals surface area contributed by atoms with Crippen LogP contribution in [0.25, 0.3) is 0 Å². The van der Waals surface area contributed by atoms with Crippen molar-refractivity contribution in [3.05, 3.63) is 0 Å². The molecule has 2 rings (SSSR count). The van der Waals surface area contributed by atoms with E-state index >= 15 is 0 Å². The molecule has 24 heavy (non-hydrogen) atoms. The summed E-state index contributed by atoms with van der Waals surface area (Å²) in [6.45, 7) is 10.6. The first-order valence-electron chi connectivity index (χ1n) is 8.66. The first-order valence-corrected chi connectivity index (χ1v) is 8.66. The molecule has 0 radical (unpaired) electrons. The number of hydrogen-bond acceptors (Lipinski definition) is 5. The molecule has 2 N–H and O–H groups in total. The predicted octanol–water partition coefficient (Wildman–Crippen LogP) is 1.07. The molecule has 2 saturated heterocycles. The lowest BCUT2D eigenvalue weighted by atomic mass is 9.92. The topological polar surface area (TPSA) is 62.8 Å². The molecule has 2 aliphatic heterocycles. The molecular weight excluding hydrogens is 353 g/mol. The maximum Gasteiger partial charge on any atom is 0.239 e. The van der Waals surface area contributed by atoms with Crippen LogP contribution in [-0.4, -0.2) is 75.5 Å². The van der Waals surface area contributed by atoms with Crippen molar-refractivity contribution in [1.82, 2.24) is 15.5 Å². The number of ether oxygens (including phenoxy) is 2. The second-order valence-corrected chi connectivity index (χ2v) is 6.12. The van der Waals surface area contributed by atoms with Gasteiger partial charge in [-0.15, -0.1) is 24.8 Å². The maximum absolute atomic E-state index is 12.3. The van der Waals surface area contributed by atoms with Gasteiger partial charge in [-0.25, -0.2) is 0 Å².